The molecule has 0 atom stereocenters. The van der Waals surface area contributed by atoms with Crippen molar-refractivity contribution in [3.8, 4) is 22.9 Å². The molecule has 0 saturated heterocycles. The van der Waals surface area contributed by atoms with Crippen LogP contribution >= 0.6 is 0 Å². The summed E-state index contributed by atoms with van der Waals surface area (Å²) in [5.41, 5.74) is 8.81. The molecule has 2 N–H and O–H groups in total. The summed E-state index contributed by atoms with van der Waals surface area (Å²) in [5.74, 6) is 2.30. The molecular weight excluding hydrogens is 290 g/mol. The lowest BCUT2D eigenvalue weighted by Crippen LogP contribution is -2.04. The Balaban J connectivity index is 1.99. The smallest absolute Gasteiger partial charge is 0.140 e. The molecule has 0 aliphatic carbocycles. The molecule has 1 aromatic heterocycles. The molecule has 0 spiro atoms. The van der Waals surface area contributed by atoms with Crippen molar-refractivity contribution in [1.82, 2.24) is 9.55 Å². The maximum absolute atomic E-state index is 6.04. The molecule has 0 amide bonds. The lowest BCUT2D eigenvalue weighted by Gasteiger charge is -2.12. The van der Waals surface area contributed by atoms with Gasteiger partial charge in [0.05, 0.1) is 20.8 Å². The van der Waals surface area contributed by atoms with Crippen molar-refractivity contribution in [2.24, 2.45) is 0 Å². The first-order valence-corrected chi connectivity index (χ1v) is 7.29. The number of hydrogen-bond acceptors (Lipinski definition) is 4. The van der Waals surface area contributed by atoms with Gasteiger partial charge in [0.1, 0.15) is 17.3 Å². The standard InChI is InChI=1S/C18H19N3O2/c1-22-15-9-14(10-16(11-15)23-2)18-20-7-8-21(18)12-13-5-3-4-6-17(13)19/h3-11H,12,19H2,1-2H3. The number of nitrogens with zero attached hydrogens (tertiary/aromatic N) is 2. The van der Waals surface area contributed by atoms with E-state index < -0.39 is 0 Å². The zero-order chi connectivity index (χ0) is 16.2. The van der Waals surface area contributed by atoms with Gasteiger partial charge in [-0.1, -0.05) is 18.2 Å². The van der Waals surface area contributed by atoms with Crippen LogP contribution in [-0.2, 0) is 6.54 Å². The molecule has 0 bridgehead atoms. The molecule has 118 valence electrons. The van der Waals surface area contributed by atoms with Gasteiger partial charge >= 0.3 is 0 Å². The average Bonchev–Trinajstić information content (AvgIpc) is 3.04. The minimum absolute atomic E-state index is 0.654. The van der Waals surface area contributed by atoms with E-state index in [-0.39, 0.29) is 0 Å². The molecule has 0 aliphatic heterocycles. The number of benzene rings is 2. The highest BCUT2D eigenvalue weighted by Gasteiger charge is 2.11. The van der Waals surface area contributed by atoms with Crippen LogP contribution in [0.15, 0.2) is 54.9 Å². The van der Waals surface area contributed by atoms with E-state index >= 15 is 0 Å². The summed E-state index contributed by atoms with van der Waals surface area (Å²) < 4.78 is 12.7. The molecule has 1 heterocycles. The summed E-state index contributed by atoms with van der Waals surface area (Å²) in [6.45, 7) is 0.654. The Kier molecular flexibility index (Phi) is 4.19. The largest absolute Gasteiger partial charge is 0.497 e. The van der Waals surface area contributed by atoms with Crippen LogP contribution < -0.4 is 15.2 Å². The Labute approximate surface area is 135 Å². The van der Waals surface area contributed by atoms with E-state index in [0.29, 0.717) is 6.54 Å². The summed E-state index contributed by atoms with van der Waals surface area (Å²) in [4.78, 5) is 4.47. The van der Waals surface area contributed by atoms with Gasteiger partial charge in [-0.15, -0.1) is 0 Å². The van der Waals surface area contributed by atoms with Crippen molar-refractivity contribution >= 4 is 5.69 Å². The van der Waals surface area contributed by atoms with Gasteiger partial charge in [-0.2, -0.15) is 0 Å². The van der Waals surface area contributed by atoms with Crippen molar-refractivity contribution in [3.63, 3.8) is 0 Å². The van der Waals surface area contributed by atoms with Crippen LogP contribution in [0.25, 0.3) is 11.4 Å². The second-order valence-electron chi connectivity index (χ2n) is 5.18. The summed E-state index contributed by atoms with van der Waals surface area (Å²) in [5, 5.41) is 0. The normalized spacial score (nSPS) is 10.5. The highest BCUT2D eigenvalue weighted by atomic mass is 16.5. The number of aromatic nitrogens is 2. The number of nitrogens with two attached hydrogens (primary N) is 1. The van der Waals surface area contributed by atoms with Crippen molar-refractivity contribution < 1.29 is 9.47 Å². The molecule has 5 heteroatoms. The number of methoxy groups -OCH3 is 2. The van der Waals surface area contributed by atoms with Gasteiger partial charge in [0.2, 0.25) is 0 Å². The van der Waals surface area contributed by atoms with Crippen LogP contribution in [0.2, 0.25) is 0 Å². The van der Waals surface area contributed by atoms with Crippen LogP contribution in [-0.4, -0.2) is 23.8 Å². The van der Waals surface area contributed by atoms with Gasteiger partial charge in [-0.3, -0.25) is 0 Å². The summed E-state index contributed by atoms with van der Waals surface area (Å²) >= 11 is 0. The molecule has 2 aromatic carbocycles. The Morgan fingerprint density at radius 1 is 1.04 bits per heavy atom. The SMILES string of the molecule is COc1cc(OC)cc(-c2nccn2Cc2ccccc2N)c1. The molecule has 3 aromatic rings. The second-order valence-corrected chi connectivity index (χ2v) is 5.18. The Bertz CT molecular complexity index is 789. The minimum Gasteiger partial charge on any atom is -0.497 e. The number of hydrogen-bond donors (Lipinski definition) is 1. The third-order valence-corrected chi connectivity index (χ3v) is 3.72. The lowest BCUT2D eigenvalue weighted by molar-refractivity contribution is 0.394. The Morgan fingerprint density at radius 2 is 1.74 bits per heavy atom. The van der Waals surface area contributed by atoms with E-state index in [0.717, 1.165) is 34.1 Å². The number of imidazole rings is 1. The van der Waals surface area contributed by atoms with E-state index in [2.05, 4.69) is 9.55 Å². The van der Waals surface area contributed by atoms with E-state index in [9.17, 15) is 0 Å². The molecule has 0 aliphatic rings. The lowest BCUT2D eigenvalue weighted by atomic mass is 10.1. The Hall–Kier alpha value is -2.95. The Morgan fingerprint density at radius 3 is 2.39 bits per heavy atom. The molecule has 0 saturated carbocycles. The zero-order valence-electron chi connectivity index (χ0n) is 13.2. The number of para-hydroxylation sites is 1. The third-order valence-electron chi connectivity index (χ3n) is 3.72. The fourth-order valence-corrected chi connectivity index (χ4v) is 2.50. The average molecular weight is 309 g/mol. The molecule has 5 nitrogen and oxygen atoms in total. The number of nitrogen functional groups attached to an aromatic ring is 1. The summed E-state index contributed by atoms with van der Waals surface area (Å²) in [7, 11) is 3.27. The van der Waals surface area contributed by atoms with E-state index in [1.807, 2.05) is 48.7 Å². The zero-order valence-corrected chi connectivity index (χ0v) is 13.2. The van der Waals surface area contributed by atoms with Crippen molar-refractivity contribution in [2.75, 3.05) is 20.0 Å². The maximum atomic E-state index is 6.04. The number of anilines is 1. The summed E-state index contributed by atoms with van der Waals surface area (Å²) in [6.07, 6.45) is 3.72. The first kappa shape index (κ1) is 15.0. The highest BCUT2D eigenvalue weighted by Crippen LogP contribution is 2.29. The van der Waals surface area contributed by atoms with E-state index in [4.69, 9.17) is 15.2 Å². The quantitative estimate of drug-likeness (QED) is 0.735. The maximum Gasteiger partial charge on any atom is 0.140 e. The highest BCUT2D eigenvalue weighted by molar-refractivity contribution is 5.62. The molecule has 0 fully saturated rings. The predicted octanol–water partition coefficient (Wildman–Crippen LogP) is 3.20. The number of rotatable bonds is 5. The minimum atomic E-state index is 0.654. The van der Waals surface area contributed by atoms with Crippen molar-refractivity contribution in [2.45, 2.75) is 6.54 Å². The van der Waals surface area contributed by atoms with Gasteiger partial charge in [0.15, 0.2) is 0 Å². The van der Waals surface area contributed by atoms with Crippen LogP contribution in [0.5, 0.6) is 11.5 Å². The first-order valence-electron chi connectivity index (χ1n) is 7.29. The monoisotopic (exact) mass is 309 g/mol. The van der Waals surface area contributed by atoms with Crippen LogP contribution in [0.3, 0.4) is 0 Å². The van der Waals surface area contributed by atoms with Crippen LogP contribution in [0.1, 0.15) is 5.56 Å². The topological polar surface area (TPSA) is 62.3 Å². The number of ether oxygens (including phenoxy) is 2. The fourth-order valence-electron chi connectivity index (χ4n) is 2.50. The fraction of sp³-hybridized carbons (Fsp3) is 0.167. The van der Waals surface area contributed by atoms with E-state index in [1.165, 1.54) is 0 Å². The van der Waals surface area contributed by atoms with Crippen molar-refractivity contribution in [1.29, 1.82) is 0 Å². The van der Waals surface area contributed by atoms with Gasteiger partial charge < -0.3 is 19.8 Å². The van der Waals surface area contributed by atoms with Gasteiger partial charge in [0.25, 0.3) is 0 Å². The van der Waals surface area contributed by atoms with Crippen molar-refractivity contribution in [3.05, 3.63) is 60.4 Å². The summed E-state index contributed by atoms with van der Waals surface area (Å²) in [6, 6.07) is 13.6. The third kappa shape index (κ3) is 3.13. The van der Waals surface area contributed by atoms with E-state index in [1.54, 1.807) is 20.4 Å². The second kappa shape index (κ2) is 6.44. The van der Waals surface area contributed by atoms with Gasteiger partial charge in [0, 0.05) is 29.7 Å². The molecular formula is C18H19N3O2. The molecule has 0 radical (unpaired) electrons. The predicted molar refractivity (Wildman–Crippen MR) is 90.7 cm³/mol. The molecule has 3 rings (SSSR count). The van der Waals surface area contributed by atoms with Crippen LogP contribution in [0.4, 0.5) is 5.69 Å². The van der Waals surface area contributed by atoms with Gasteiger partial charge in [-0.05, 0) is 23.8 Å². The van der Waals surface area contributed by atoms with Crippen LogP contribution in [0, 0.1) is 0 Å². The molecule has 23 heavy (non-hydrogen) atoms. The first-order chi connectivity index (χ1) is 11.2. The van der Waals surface area contributed by atoms with Gasteiger partial charge in [-0.25, -0.2) is 4.98 Å². The molecule has 0 unspecified atom stereocenters.